The minimum atomic E-state index is -0.0608. The second kappa shape index (κ2) is 4.14. The third-order valence-electron chi connectivity index (χ3n) is 2.66. The first kappa shape index (κ1) is 11.3. The van der Waals surface area contributed by atoms with E-state index in [1.807, 2.05) is 0 Å². The van der Waals surface area contributed by atoms with Crippen LogP contribution in [0.1, 0.15) is 37.0 Å². The van der Waals surface area contributed by atoms with Crippen molar-refractivity contribution in [2.24, 2.45) is 5.73 Å². The van der Waals surface area contributed by atoms with Crippen LogP contribution in [0.25, 0.3) is 0 Å². The average molecular weight is 191 g/mol. The van der Waals surface area contributed by atoms with Crippen LogP contribution in [-0.2, 0) is 6.42 Å². The molecule has 14 heavy (non-hydrogen) atoms. The van der Waals surface area contributed by atoms with E-state index < -0.39 is 0 Å². The van der Waals surface area contributed by atoms with Gasteiger partial charge < -0.3 is 5.73 Å². The van der Waals surface area contributed by atoms with Crippen molar-refractivity contribution in [1.29, 1.82) is 0 Å². The Bertz CT molecular complexity index is 287. The van der Waals surface area contributed by atoms with Crippen LogP contribution < -0.4 is 5.73 Å². The van der Waals surface area contributed by atoms with Crippen molar-refractivity contribution in [2.45, 2.75) is 46.1 Å². The van der Waals surface area contributed by atoms with Gasteiger partial charge in [0, 0.05) is 5.54 Å². The third-order valence-corrected chi connectivity index (χ3v) is 2.66. The first-order valence-corrected chi connectivity index (χ1v) is 5.24. The van der Waals surface area contributed by atoms with E-state index in [2.05, 4.69) is 45.9 Å². The molecular formula is C13H21N. The summed E-state index contributed by atoms with van der Waals surface area (Å²) in [7, 11) is 0. The molecule has 1 aromatic rings. The molecule has 0 fully saturated rings. The van der Waals surface area contributed by atoms with Crippen LogP contribution in [0.15, 0.2) is 18.2 Å². The molecule has 1 aromatic carbocycles. The Morgan fingerprint density at radius 1 is 1.14 bits per heavy atom. The molecule has 1 heteroatoms. The van der Waals surface area contributed by atoms with E-state index in [-0.39, 0.29) is 5.54 Å². The van der Waals surface area contributed by atoms with Crippen LogP contribution in [0.2, 0.25) is 0 Å². The summed E-state index contributed by atoms with van der Waals surface area (Å²) in [4.78, 5) is 0. The molecule has 0 radical (unpaired) electrons. The number of aryl methyl sites for hydroxylation is 2. The highest BCUT2D eigenvalue weighted by molar-refractivity contribution is 5.33. The second-order valence-electron chi connectivity index (χ2n) is 4.86. The number of nitrogens with two attached hydrogens (primary N) is 1. The molecule has 2 N–H and O–H groups in total. The van der Waals surface area contributed by atoms with Gasteiger partial charge in [0.05, 0.1) is 0 Å². The first-order valence-electron chi connectivity index (χ1n) is 5.24. The van der Waals surface area contributed by atoms with Gasteiger partial charge in [-0.05, 0) is 57.2 Å². The Morgan fingerprint density at radius 2 is 1.64 bits per heavy atom. The molecule has 0 spiro atoms. The maximum Gasteiger partial charge on any atom is 0.0100 e. The lowest BCUT2D eigenvalue weighted by Crippen LogP contribution is -2.32. The van der Waals surface area contributed by atoms with Gasteiger partial charge in [0.2, 0.25) is 0 Å². The summed E-state index contributed by atoms with van der Waals surface area (Å²) in [5, 5.41) is 0. The molecule has 0 bridgehead atoms. The lowest BCUT2D eigenvalue weighted by atomic mass is 9.92. The quantitative estimate of drug-likeness (QED) is 0.781. The summed E-state index contributed by atoms with van der Waals surface area (Å²) in [5.41, 5.74) is 10.2. The monoisotopic (exact) mass is 191 g/mol. The molecule has 78 valence electrons. The Hall–Kier alpha value is -0.820. The predicted molar refractivity (Wildman–Crippen MR) is 62.5 cm³/mol. The molecule has 0 heterocycles. The zero-order chi connectivity index (χ0) is 10.8. The van der Waals surface area contributed by atoms with Gasteiger partial charge in [0.25, 0.3) is 0 Å². The topological polar surface area (TPSA) is 26.0 Å². The van der Waals surface area contributed by atoms with Gasteiger partial charge in [-0.15, -0.1) is 0 Å². The summed E-state index contributed by atoms with van der Waals surface area (Å²) in [6, 6.07) is 6.46. The summed E-state index contributed by atoms with van der Waals surface area (Å²) in [6.45, 7) is 8.51. The zero-order valence-corrected chi connectivity index (χ0v) is 9.72. The average Bonchev–Trinajstić information content (AvgIpc) is 2.01. The number of benzene rings is 1. The fourth-order valence-corrected chi connectivity index (χ4v) is 1.69. The van der Waals surface area contributed by atoms with Crippen molar-refractivity contribution in [3.05, 3.63) is 34.9 Å². The van der Waals surface area contributed by atoms with E-state index in [1.165, 1.54) is 16.7 Å². The van der Waals surface area contributed by atoms with E-state index in [1.54, 1.807) is 0 Å². The SMILES string of the molecule is Cc1cccc(C)c1CCC(C)(C)N. The number of hydrogen-bond donors (Lipinski definition) is 1. The molecular weight excluding hydrogens is 170 g/mol. The van der Waals surface area contributed by atoms with Crippen LogP contribution in [0.5, 0.6) is 0 Å². The second-order valence-corrected chi connectivity index (χ2v) is 4.86. The molecule has 0 saturated carbocycles. The summed E-state index contributed by atoms with van der Waals surface area (Å²) < 4.78 is 0. The number of hydrogen-bond acceptors (Lipinski definition) is 1. The molecule has 0 atom stereocenters. The maximum absolute atomic E-state index is 5.98. The predicted octanol–water partition coefficient (Wildman–Crippen LogP) is 2.97. The van der Waals surface area contributed by atoms with Crippen LogP contribution in [0, 0.1) is 13.8 Å². The molecule has 0 aliphatic carbocycles. The van der Waals surface area contributed by atoms with Crippen molar-refractivity contribution in [1.82, 2.24) is 0 Å². The largest absolute Gasteiger partial charge is 0.326 e. The molecule has 0 unspecified atom stereocenters. The van der Waals surface area contributed by atoms with Crippen LogP contribution in [-0.4, -0.2) is 5.54 Å². The maximum atomic E-state index is 5.98. The first-order chi connectivity index (χ1) is 6.40. The Morgan fingerprint density at radius 3 is 2.07 bits per heavy atom. The van der Waals surface area contributed by atoms with Crippen molar-refractivity contribution in [3.8, 4) is 0 Å². The lowest BCUT2D eigenvalue weighted by molar-refractivity contribution is 0.476. The van der Waals surface area contributed by atoms with E-state index in [0.29, 0.717) is 0 Å². The van der Waals surface area contributed by atoms with Gasteiger partial charge in [0.1, 0.15) is 0 Å². The van der Waals surface area contributed by atoms with Crippen molar-refractivity contribution in [2.75, 3.05) is 0 Å². The van der Waals surface area contributed by atoms with Gasteiger partial charge in [-0.3, -0.25) is 0 Å². The minimum absolute atomic E-state index is 0.0608. The van der Waals surface area contributed by atoms with E-state index in [0.717, 1.165) is 12.8 Å². The van der Waals surface area contributed by atoms with Gasteiger partial charge in [-0.1, -0.05) is 18.2 Å². The Labute approximate surface area is 87.3 Å². The summed E-state index contributed by atoms with van der Waals surface area (Å²) in [5.74, 6) is 0. The Kier molecular flexibility index (Phi) is 3.33. The van der Waals surface area contributed by atoms with Crippen LogP contribution in [0.3, 0.4) is 0 Å². The highest BCUT2D eigenvalue weighted by Gasteiger charge is 2.12. The normalized spacial score (nSPS) is 11.8. The number of rotatable bonds is 3. The lowest BCUT2D eigenvalue weighted by Gasteiger charge is -2.19. The highest BCUT2D eigenvalue weighted by atomic mass is 14.7. The van der Waals surface area contributed by atoms with Crippen molar-refractivity contribution in [3.63, 3.8) is 0 Å². The van der Waals surface area contributed by atoms with Crippen LogP contribution in [0.4, 0.5) is 0 Å². The van der Waals surface area contributed by atoms with E-state index in [9.17, 15) is 0 Å². The fourth-order valence-electron chi connectivity index (χ4n) is 1.69. The molecule has 0 aromatic heterocycles. The van der Waals surface area contributed by atoms with Gasteiger partial charge in [-0.25, -0.2) is 0 Å². The van der Waals surface area contributed by atoms with Crippen molar-refractivity contribution < 1.29 is 0 Å². The third kappa shape index (κ3) is 3.15. The van der Waals surface area contributed by atoms with E-state index >= 15 is 0 Å². The Balaban J connectivity index is 2.77. The molecule has 0 aliphatic rings. The summed E-state index contributed by atoms with van der Waals surface area (Å²) in [6.07, 6.45) is 2.13. The smallest absolute Gasteiger partial charge is 0.0100 e. The van der Waals surface area contributed by atoms with E-state index in [4.69, 9.17) is 5.73 Å². The zero-order valence-electron chi connectivity index (χ0n) is 9.72. The van der Waals surface area contributed by atoms with Crippen LogP contribution >= 0.6 is 0 Å². The molecule has 0 saturated heterocycles. The van der Waals surface area contributed by atoms with Gasteiger partial charge >= 0.3 is 0 Å². The highest BCUT2D eigenvalue weighted by Crippen LogP contribution is 2.18. The molecule has 1 rings (SSSR count). The van der Waals surface area contributed by atoms with Gasteiger partial charge in [-0.2, -0.15) is 0 Å². The van der Waals surface area contributed by atoms with Crippen molar-refractivity contribution >= 4 is 0 Å². The summed E-state index contributed by atoms with van der Waals surface area (Å²) >= 11 is 0. The molecule has 0 aliphatic heterocycles. The van der Waals surface area contributed by atoms with Gasteiger partial charge in [0.15, 0.2) is 0 Å². The standard InChI is InChI=1S/C13H21N/c1-10-6-5-7-11(2)12(10)8-9-13(3,4)14/h5-7H,8-9,14H2,1-4H3. The molecule has 1 nitrogen and oxygen atoms in total. The fraction of sp³-hybridized carbons (Fsp3) is 0.538. The molecule has 0 amide bonds. The minimum Gasteiger partial charge on any atom is -0.326 e.